The molecule has 0 atom stereocenters. The molecule has 2 rings (SSSR count). The van der Waals surface area contributed by atoms with Gasteiger partial charge in [-0.1, -0.05) is 18.2 Å². The molecular formula is C15H20N2S. The van der Waals surface area contributed by atoms with Gasteiger partial charge >= 0.3 is 0 Å². The van der Waals surface area contributed by atoms with Crippen LogP contribution in [0.4, 0.5) is 11.4 Å². The molecule has 0 amide bonds. The molecule has 0 aliphatic rings. The minimum absolute atomic E-state index is 0.426. The fourth-order valence-corrected chi connectivity index (χ4v) is 2.87. The van der Waals surface area contributed by atoms with Gasteiger partial charge in [-0.2, -0.15) is 0 Å². The summed E-state index contributed by atoms with van der Waals surface area (Å²) in [6.07, 6.45) is 0. The third kappa shape index (κ3) is 2.67. The fourth-order valence-electron chi connectivity index (χ4n) is 2.16. The van der Waals surface area contributed by atoms with Gasteiger partial charge in [-0.05, 0) is 43.8 Å². The van der Waals surface area contributed by atoms with Gasteiger partial charge in [0.05, 0.1) is 17.9 Å². The van der Waals surface area contributed by atoms with Crippen LogP contribution in [0.5, 0.6) is 0 Å². The molecule has 1 heterocycles. The Morgan fingerprint density at radius 3 is 2.56 bits per heavy atom. The Hall–Kier alpha value is -1.48. The lowest BCUT2D eigenvalue weighted by molar-refractivity contribution is 0.686. The summed E-state index contributed by atoms with van der Waals surface area (Å²) in [7, 11) is 0. The molecule has 0 radical (unpaired) electrons. The van der Waals surface area contributed by atoms with Gasteiger partial charge < -0.3 is 10.6 Å². The van der Waals surface area contributed by atoms with E-state index in [2.05, 4.69) is 49.3 Å². The van der Waals surface area contributed by atoms with Crippen LogP contribution in [0.15, 0.2) is 35.7 Å². The molecule has 96 valence electrons. The van der Waals surface area contributed by atoms with Crippen molar-refractivity contribution in [3.05, 3.63) is 46.2 Å². The first-order valence-electron chi connectivity index (χ1n) is 6.23. The summed E-state index contributed by atoms with van der Waals surface area (Å²) in [6.45, 7) is 7.46. The maximum absolute atomic E-state index is 6.15. The summed E-state index contributed by atoms with van der Waals surface area (Å²) in [5.74, 6) is 0. The molecule has 2 aromatic rings. The summed E-state index contributed by atoms with van der Waals surface area (Å²) in [5.41, 5.74) is 9.42. The Morgan fingerprint density at radius 1 is 1.22 bits per heavy atom. The summed E-state index contributed by atoms with van der Waals surface area (Å²) in [6, 6.07) is 10.8. The zero-order valence-corrected chi connectivity index (χ0v) is 12.0. The molecule has 0 bridgehead atoms. The molecule has 0 unspecified atom stereocenters. The maximum Gasteiger partial charge on any atom is 0.0635 e. The van der Waals surface area contributed by atoms with Crippen molar-refractivity contribution in [2.24, 2.45) is 0 Å². The smallest absolute Gasteiger partial charge is 0.0635 e. The van der Waals surface area contributed by atoms with Crippen molar-refractivity contribution in [3.8, 4) is 0 Å². The molecule has 0 saturated heterocycles. The van der Waals surface area contributed by atoms with Crippen molar-refractivity contribution in [2.45, 2.75) is 33.4 Å². The summed E-state index contributed by atoms with van der Waals surface area (Å²) >= 11 is 1.79. The number of para-hydroxylation sites is 1. The van der Waals surface area contributed by atoms with E-state index in [-0.39, 0.29) is 0 Å². The maximum atomic E-state index is 6.15. The Labute approximate surface area is 113 Å². The molecule has 18 heavy (non-hydrogen) atoms. The Morgan fingerprint density at radius 2 is 2.00 bits per heavy atom. The quantitative estimate of drug-likeness (QED) is 0.840. The number of rotatable bonds is 4. The predicted molar refractivity (Wildman–Crippen MR) is 81.2 cm³/mol. The number of hydrogen-bond donors (Lipinski definition) is 1. The number of thiophene rings is 1. The zero-order valence-electron chi connectivity index (χ0n) is 11.2. The molecule has 0 aliphatic carbocycles. The molecule has 2 nitrogen and oxygen atoms in total. The standard InChI is InChI=1S/C15H20N2S/c1-11(2)17(10-13-7-5-9-18-13)15-12(3)6-4-8-14(15)16/h4-9,11H,10,16H2,1-3H3. The predicted octanol–water partition coefficient (Wildman–Crippen LogP) is 4.05. The van der Waals surface area contributed by atoms with E-state index in [1.165, 1.54) is 16.1 Å². The van der Waals surface area contributed by atoms with Gasteiger partial charge in [-0.25, -0.2) is 0 Å². The first-order valence-corrected chi connectivity index (χ1v) is 7.11. The normalized spacial score (nSPS) is 10.9. The van der Waals surface area contributed by atoms with Crippen LogP contribution in [0.1, 0.15) is 24.3 Å². The van der Waals surface area contributed by atoms with Crippen LogP contribution in [-0.2, 0) is 6.54 Å². The number of anilines is 2. The molecule has 1 aromatic heterocycles. The van der Waals surface area contributed by atoms with E-state index >= 15 is 0 Å². The fraction of sp³-hybridized carbons (Fsp3) is 0.333. The van der Waals surface area contributed by atoms with Gasteiger partial charge in [0.15, 0.2) is 0 Å². The van der Waals surface area contributed by atoms with Crippen LogP contribution < -0.4 is 10.6 Å². The number of hydrogen-bond acceptors (Lipinski definition) is 3. The van der Waals surface area contributed by atoms with Crippen LogP contribution in [-0.4, -0.2) is 6.04 Å². The van der Waals surface area contributed by atoms with E-state index in [1.54, 1.807) is 11.3 Å². The van der Waals surface area contributed by atoms with Crippen molar-refractivity contribution in [2.75, 3.05) is 10.6 Å². The van der Waals surface area contributed by atoms with Crippen LogP contribution >= 0.6 is 11.3 Å². The van der Waals surface area contributed by atoms with Gasteiger partial charge in [0.1, 0.15) is 0 Å². The Kier molecular flexibility index (Phi) is 3.92. The van der Waals surface area contributed by atoms with E-state index in [0.29, 0.717) is 6.04 Å². The molecule has 3 heteroatoms. The third-order valence-electron chi connectivity index (χ3n) is 3.09. The van der Waals surface area contributed by atoms with Crippen molar-refractivity contribution in [1.82, 2.24) is 0 Å². The van der Waals surface area contributed by atoms with Crippen LogP contribution in [0.2, 0.25) is 0 Å². The van der Waals surface area contributed by atoms with Gasteiger partial charge in [0.2, 0.25) is 0 Å². The number of nitrogen functional groups attached to an aromatic ring is 1. The second-order valence-corrected chi connectivity index (χ2v) is 5.85. The van der Waals surface area contributed by atoms with E-state index < -0.39 is 0 Å². The second kappa shape index (κ2) is 5.44. The molecule has 0 fully saturated rings. The SMILES string of the molecule is Cc1cccc(N)c1N(Cc1cccs1)C(C)C. The first kappa shape index (κ1) is 13.0. The van der Waals surface area contributed by atoms with Gasteiger partial charge in [0.25, 0.3) is 0 Å². The molecule has 0 spiro atoms. The van der Waals surface area contributed by atoms with Crippen LogP contribution in [0, 0.1) is 6.92 Å². The lowest BCUT2D eigenvalue weighted by Gasteiger charge is -2.31. The largest absolute Gasteiger partial charge is 0.397 e. The number of nitrogens with two attached hydrogens (primary N) is 1. The van der Waals surface area contributed by atoms with E-state index in [1.807, 2.05) is 12.1 Å². The molecular weight excluding hydrogens is 240 g/mol. The van der Waals surface area contributed by atoms with Crippen molar-refractivity contribution < 1.29 is 0 Å². The topological polar surface area (TPSA) is 29.3 Å². The van der Waals surface area contributed by atoms with Gasteiger partial charge in [0, 0.05) is 10.9 Å². The summed E-state index contributed by atoms with van der Waals surface area (Å²) in [4.78, 5) is 3.74. The van der Waals surface area contributed by atoms with Gasteiger partial charge in [-0.15, -0.1) is 11.3 Å². The van der Waals surface area contributed by atoms with E-state index in [4.69, 9.17) is 5.73 Å². The highest BCUT2D eigenvalue weighted by molar-refractivity contribution is 7.09. The molecule has 0 saturated carbocycles. The van der Waals surface area contributed by atoms with Crippen LogP contribution in [0.25, 0.3) is 0 Å². The monoisotopic (exact) mass is 260 g/mol. The third-order valence-corrected chi connectivity index (χ3v) is 3.95. The molecule has 1 aromatic carbocycles. The Bertz CT molecular complexity index is 483. The van der Waals surface area contributed by atoms with Crippen molar-refractivity contribution in [3.63, 3.8) is 0 Å². The van der Waals surface area contributed by atoms with Crippen molar-refractivity contribution in [1.29, 1.82) is 0 Å². The lowest BCUT2D eigenvalue weighted by Crippen LogP contribution is -2.31. The Balaban J connectivity index is 2.36. The molecule has 2 N–H and O–H groups in total. The van der Waals surface area contributed by atoms with Crippen molar-refractivity contribution >= 4 is 22.7 Å². The molecule has 0 aliphatic heterocycles. The second-order valence-electron chi connectivity index (χ2n) is 4.81. The average Bonchev–Trinajstić information content (AvgIpc) is 2.80. The minimum Gasteiger partial charge on any atom is -0.397 e. The number of aryl methyl sites for hydroxylation is 1. The van der Waals surface area contributed by atoms with E-state index in [9.17, 15) is 0 Å². The van der Waals surface area contributed by atoms with Crippen LogP contribution in [0.3, 0.4) is 0 Å². The number of nitrogens with zero attached hydrogens (tertiary/aromatic N) is 1. The summed E-state index contributed by atoms with van der Waals surface area (Å²) in [5, 5.41) is 2.12. The summed E-state index contributed by atoms with van der Waals surface area (Å²) < 4.78 is 0. The highest BCUT2D eigenvalue weighted by Crippen LogP contribution is 2.30. The number of benzene rings is 1. The average molecular weight is 260 g/mol. The van der Waals surface area contributed by atoms with E-state index in [0.717, 1.165) is 12.2 Å². The minimum atomic E-state index is 0.426. The lowest BCUT2D eigenvalue weighted by atomic mass is 10.1. The van der Waals surface area contributed by atoms with Gasteiger partial charge in [-0.3, -0.25) is 0 Å². The highest BCUT2D eigenvalue weighted by Gasteiger charge is 2.16. The first-order chi connectivity index (χ1) is 8.59. The zero-order chi connectivity index (χ0) is 13.1. The highest BCUT2D eigenvalue weighted by atomic mass is 32.1.